The molecule has 0 radical (unpaired) electrons. The van der Waals surface area contributed by atoms with E-state index in [1.807, 2.05) is 25.3 Å². The highest BCUT2D eigenvalue weighted by molar-refractivity contribution is 5.92. The first kappa shape index (κ1) is 8.75. The predicted octanol–water partition coefficient (Wildman–Crippen LogP) is 3.16. The van der Waals surface area contributed by atoms with E-state index in [1.54, 1.807) is 6.08 Å². The van der Waals surface area contributed by atoms with Gasteiger partial charge in [0, 0.05) is 34.1 Å². The largest absolute Gasteiger partial charge is 0.354 e. The minimum absolute atomic E-state index is 1.00. The minimum Gasteiger partial charge on any atom is -0.354 e. The van der Waals surface area contributed by atoms with E-state index >= 15 is 0 Å². The summed E-state index contributed by atoms with van der Waals surface area (Å²) in [4.78, 5) is 7.54. The lowest BCUT2D eigenvalue weighted by molar-refractivity contribution is 1.22. The van der Waals surface area contributed by atoms with Crippen LogP contribution in [0, 0.1) is 6.92 Å². The normalized spacial score (nSPS) is 10.4. The van der Waals surface area contributed by atoms with Gasteiger partial charge in [-0.15, -0.1) is 0 Å². The third-order valence-corrected chi connectivity index (χ3v) is 2.30. The molecule has 2 rings (SSSR count). The quantitative estimate of drug-likeness (QED) is 0.763. The lowest BCUT2D eigenvalue weighted by atomic mass is 10.1. The molecule has 0 aliphatic rings. The SMILES string of the molecule is C=Cc1[nH]c2cc(C)ncc2c1C=C. The van der Waals surface area contributed by atoms with Gasteiger partial charge in [-0.1, -0.05) is 19.2 Å². The molecule has 0 spiro atoms. The number of aromatic nitrogens is 2. The fourth-order valence-corrected chi connectivity index (χ4v) is 1.62. The van der Waals surface area contributed by atoms with Gasteiger partial charge in [-0.25, -0.2) is 0 Å². The second-order valence-electron chi connectivity index (χ2n) is 3.23. The lowest BCUT2D eigenvalue weighted by Crippen LogP contribution is -1.78. The third kappa shape index (κ3) is 1.16. The summed E-state index contributed by atoms with van der Waals surface area (Å²) < 4.78 is 0. The monoisotopic (exact) mass is 184 g/mol. The Bertz CT molecular complexity index is 506. The Morgan fingerprint density at radius 3 is 2.79 bits per heavy atom. The van der Waals surface area contributed by atoms with Gasteiger partial charge in [0.2, 0.25) is 0 Å². The average Bonchev–Trinajstić information content (AvgIpc) is 2.54. The third-order valence-electron chi connectivity index (χ3n) is 2.30. The van der Waals surface area contributed by atoms with E-state index in [2.05, 4.69) is 23.1 Å². The fourth-order valence-electron chi connectivity index (χ4n) is 1.62. The molecule has 0 aliphatic heterocycles. The zero-order chi connectivity index (χ0) is 10.1. The lowest BCUT2D eigenvalue weighted by Gasteiger charge is -1.92. The Hall–Kier alpha value is -1.83. The van der Waals surface area contributed by atoms with Crippen LogP contribution in [0.5, 0.6) is 0 Å². The Balaban J connectivity index is 2.86. The molecule has 2 nitrogen and oxygen atoms in total. The summed E-state index contributed by atoms with van der Waals surface area (Å²) in [6.07, 6.45) is 5.49. The number of aromatic amines is 1. The zero-order valence-corrected chi connectivity index (χ0v) is 8.17. The summed E-state index contributed by atoms with van der Waals surface area (Å²) >= 11 is 0. The number of hydrogen-bond acceptors (Lipinski definition) is 1. The number of nitrogens with zero attached hydrogens (tertiary/aromatic N) is 1. The van der Waals surface area contributed by atoms with Crippen molar-refractivity contribution in [1.29, 1.82) is 0 Å². The molecule has 2 heterocycles. The maximum atomic E-state index is 4.26. The summed E-state index contributed by atoms with van der Waals surface area (Å²) in [6, 6.07) is 2.02. The second kappa shape index (κ2) is 3.14. The van der Waals surface area contributed by atoms with Crippen molar-refractivity contribution in [1.82, 2.24) is 9.97 Å². The van der Waals surface area contributed by atoms with Gasteiger partial charge < -0.3 is 4.98 Å². The number of nitrogens with one attached hydrogen (secondary N) is 1. The smallest absolute Gasteiger partial charge is 0.0498 e. The van der Waals surface area contributed by atoms with E-state index in [4.69, 9.17) is 0 Å². The van der Waals surface area contributed by atoms with Gasteiger partial charge in [0.25, 0.3) is 0 Å². The van der Waals surface area contributed by atoms with Gasteiger partial charge in [-0.3, -0.25) is 4.98 Å². The first-order chi connectivity index (χ1) is 6.76. The first-order valence-corrected chi connectivity index (χ1v) is 4.49. The molecule has 0 bridgehead atoms. The van der Waals surface area contributed by atoms with Gasteiger partial charge in [-0.05, 0) is 19.1 Å². The van der Waals surface area contributed by atoms with Crippen LogP contribution in [0.2, 0.25) is 0 Å². The van der Waals surface area contributed by atoms with Crippen LogP contribution in [0.1, 0.15) is 17.0 Å². The molecule has 0 fully saturated rings. The summed E-state index contributed by atoms with van der Waals surface area (Å²) in [7, 11) is 0. The molecule has 0 saturated heterocycles. The van der Waals surface area contributed by atoms with E-state index in [0.29, 0.717) is 0 Å². The van der Waals surface area contributed by atoms with E-state index in [9.17, 15) is 0 Å². The van der Waals surface area contributed by atoms with E-state index < -0.39 is 0 Å². The van der Waals surface area contributed by atoms with Crippen LogP contribution in [-0.4, -0.2) is 9.97 Å². The van der Waals surface area contributed by atoms with Crippen molar-refractivity contribution in [3.05, 3.63) is 42.4 Å². The van der Waals surface area contributed by atoms with E-state index in [-0.39, 0.29) is 0 Å². The van der Waals surface area contributed by atoms with E-state index in [1.165, 1.54) is 0 Å². The van der Waals surface area contributed by atoms with Crippen molar-refractivity contribution >= 4 is 23.1 Å². The number of pyridine rings is 1. The molecule has 0 amide bonds. The first-order valence-electron chi connectivity index (χ1n) is 4.49. The van der Waals surface area contributed by atoms with Crippen molar-refractivity contribution in [3.8, 4) is 0 Å². The number of aryl methyl sites for hydroxylation is 1. The van der Waals surface area contributed by atoms with Crippen molar-refractivity contribution in [3.63, 3.8) is 0 Å². The number of rotatable bonds is 2. The maximum absolute atomic E-state index is 4.26. The highest BCUT2D eigenvalue weighted by atomic mass is 14.7. The van der Waals surface area contributed by atoms with Gasteiger partial charge in [0.05, 0.1) is 0 Å². The van der Waals surface area contributed by atoms with E-state index in [0.717, 1.165) is 27.9 Å². The van der Waals surface area contributed by atoms with Crippen molar-refractivity contribution in [2.24, 2.45) is 0 Å². The summed E-state index contributed by atoms with van der Waals surface area (Å²) in [5.41, 5.74) is 4.16. The summed E-state index contributed by atoms with van der Waals surface area (Å²) in [5.74, 6) is 0. The molecular formula is C12H12N2. The number of H-pyrrole nitrogens is 1. The molecular weight excluding hydrogens is 172 g/mol. The highest BCUT2D eigenvalue weighted by Gasteiger charge is 2.06. The van der Waals surface area contributed by atoms with Crippen molar-refractivity contribution in [2.75, 3.05) is 0 Å². The molecule has 0 atom stereocenters. The molecule has 0 unspecified atom stereocenters. The molecule has 0 aromatic carbocycles. The zero-order valence-electron chi connectivity index (χ0n) is 8.17. The fraction of sp³-hybridized carbons (Fsp3) is 0.0833. The average molecular weight is 184 g/mol. The summed E-state index contributed by atoms with van der Waals surface area (Å²) in [5, 5.41) is 1.10. The van der Waals surface area contributed by atoms with Gasteiger partial charge >= 0.3 is 0 Å². The molecule has 14 heavy (non-hydrogen) atoms. The van der Waals surface area contributed by atoms with Crippen LogP contribution in [0.4, 0.5) is 0 Å². The molecule has 0 aliphatic carbocycles. The highest BCUT2D eigenvalue weighted by Crippen LogP contribution is 2.23. The summed E-state index contributed by atoms with van der Waals surface area (Å²) in [6.45, 7) is 9.52. The van der Waals surface area contributed by atoms with Crippen LogP contribution in [-0.2, 0) is 0 Å². The van der Waals surface area contributed by atoms with Crippen molar-refractivity contribution in [2.45, 2.75) is 6.92 Å². The maximum Gasteiger partial charge on any atom is 0.0498 e. The van der Waals surface area contributed by atoms with Gasteiger partial charge in [0.1, 0.15) is 0 Å². The Labute approximate surface area is 83.0 Å². The Morgan fingerprint density at radius 2 is 2.14 bits per heavy atom. The Morgan fingerprint density at radius 1 is 1.36 bits per heavy atom. The molecule has 1 N–H and O–H groups in total. The number of hydrogen-bond donors (Lipinski definition) is 1. The standard InChI is InChI=1S/C12H12N2/c1-4-9-10-7-13-8(3)6-12(10)14-11(9)5-2/h4-7,14H,1-2H2,3H3. The second-order valence-corrected chi connectivity index (χ2v) is 3.23. The van der Waals surface area contributed by atoms with Crippen LogP contribution < -0.4 is 0 Å². The number of fused-ring (bicyclic) bond motifs is 1. The van der Waals surface area contributed by atoms with Crippen LogP contribution in [0.25, 0.3) is 23.1 Å². The van der Waals surface area contributed by atoms with Gasteiger partial charge in [0.15, 0.2) is 0 Å². The van der Waals surface area contributed by atoms with Crippen LogP contribution >= 0.6 is 0 Å². The molecule has 0 saturated carbocycles. The molecule has 2 aromatic heterocycles. The predicted molar refractivity (Wildman–Crippen MR) is 61.0 cm³/mol. The van der Waals surface area contributed by atoms with Crippen LogP contribution in [0.15, 0.2) is 25.4 Å². The van der Waals surface area contributed by atoms with Crippen LogP contribution in [0.3, 0.4) is 0 Å². The Kier molecular flexibility index (Phi) is 1.97. The molecule has 2 heteroatoms. The topological polar surface area (TPSA) is 28.7 Å². The molecule has 70 valence electrons. The van der Waals surface area contributed by atoms with Gasteiger partial charge in [-0.2, -0.15) is 0 Å². The minimum atomic E-state index is 1.00. The molecule has 2 aromatic rings. The van der Waals surface area contributed by atoms with Crippen molar-refractivity contribution < 1.29 is 0 Å².